The summed E-state index contributed by atoms with van der Waals surface area (Å²) in [6, 6.07) is 8.57. The van der Waals surface area contributed by atoms with Gasteiger partial charge in [-0.25, -0.2) is 0 Å². The molecule has 15 heavy (non-hydrogen) atoms. The van der Waals surface area contributed by atoms with Crippen molar-refractivity contribution in [2.24, 2.45) is 0 Å². The van der Waals surface area contributed by atoms with E-state index in [-0.39, 0.29) is 0 Å². The highest BCUT2D eigenvalue weighted by molar-refractivity contribution is 5.53. The van der Waals surface area contributed by atoms with Crippen LogP contribution < -0.4 is 4.90 Å². The lowest BCUT2D eigenvalue weighted by atomic mass is 10.0. The third-order valence-electron chi connectivity index (χ3n) is 2.73. The van der Waals surface area contributed by atoms with Gasteiger partial charge in [0.05, 0.1) is 6.54 Å². The van der Waals surface area contributed by atoms with Crippen LogP contribution in [0.3, 0.4) is 0 Å². The first-order valence-electron chi connectivity index (χ1n) is 5.37. The van der Waals surface area contributed by atoms with Crippen LogP contribution in [0.5, 0.6) is 0 Å². The number of hydrogen-bond acceptors (Lipinski definition) is 2. The van der Waals surface area contributed by atoms with Gasteiger partial charge in [-0.3, -0.25) is 0 Å². The molecular weight excluding hydrogens is 186 g/mol. The van der Waals surface area contributed by atoms with Crippen LogP contribution in [0.25, 0.3) is 0 Å². The Bertz CT molecular complexity index is 371. The van der Waals surface area contributed by atoms with Crippen molar-refractivity contribution in [3.05, 3.63) is 42.3 Å². The fourth-order valence-electron chi connectivity index (χ4n) is 1.78. The van der Waals surface area contributed by atoms with Gasteiger partial charge < -0.3 is 9.64 Å². The molecule has 80 valence electrons. The third kappa shape index (κ3) is 1.99. The highest BCUT2D eigenvalue weighted by atomic mass is 16.5. The maximum Gasteiger partial charge on any atom is 0.186 e. The molecule has 0 bridgehead atoms. The second-order valence-corrected chi connectivity index (χ2v) is 4.14. The summed E-state index contributed by atoms with van der Waals surface area (Å²) < 4.78 is 5.35. The van der Waals surface area contributed by atoms with Gasteiger partial charge in [0.2, 0.25) is 0 Å². The van der Waals surface area contributed by atoms with Gasteiger partial charge in [-0.15, -0.1) is 0 Å². The highest BCUT2D eigenvalue weighted by Crippen LogP contribution is 2.26. The summed E-state index contributed by atoms with van der Waals surface area (Å²) in [7, 11) is 0. The van der Waals surface area contributed by atoms with Crippen LogP contribution in [0, 0.1) is 0 Å². The molecule has 2 rings (SSSR count). The number of nitrogens with zero attached hydrogens (tertiary/aromatic N) is 1. The molecule has 0 unspecified atom stereocenters. The molecule has 1 saturated heterocycles. The van der Waals surface area contributed by atoms with Gasteiger partial charge in [0, 0.05) is 5.69 Å². The van der Waals surface area contributed by atoms with Crippen LogP contribution in [0.15, 0.2) is 36.7 Å². The van der Waals surface area contributed by atoms with E-state index in [0.29, 0.717) is 5.92 Å². The summed E-state index contributed by atoms with van der Waals surface area (Å²) in [6.45, 7) is 9.94. The monoisotopic (exact) mass is 203 g/mol. The average molecular weight is 203 g/mol. The first kappa shape index (κ1) is 10.1. The molecule has 1 aromatic rings. The zero-order valence-electron chi connectivity index (χ0n) is 9.36. The van der Waals surface area contributed by atoms with Crippen LogP contribution >= 0.6 is 0 Å². The number of ether oxygens (including phenoxy) is 1. The molecule has 1 heterocycles. The van der Waals surface area contributed by atoms with Crippen molar-refractivity contribution in [3.63, 3.8) is 0 Å². The van der Waals surface area contributed by atoms with Crippen molar-refractivity contribution in [1.82, 2.24) is 0 Å². The number of benzene rings is 1. The fraction of sp³-hybridized carbons (Fsp3) is 0.385. The molecule has 0 amide bonds. The molecule has 0 spiro atoms. The van der Waals surface area contributed by atoms with Crippen molar-refractivity contribution >= 4 is 5.69 Å². The quantitative estimate of drug-likeness (QED) is 0.732. The topological polar surface area (TPSA) is 12.5 Å². The predicted molar refractivity (Wildman–Crippen MR) is 63.0 cm³/mol. The lowest BCUT2D eigenvalue weighted by molar-refractivity contribution is 0.270. The number of anilines is 1. The largest absolute Gasteiger partial charge is 0.477 e. The van der Waals surface area contributed by atoms with Gasteiger partial charge in [0.25, 0.3) is 0 Å². The second-order valence-electron chi connectivity index (χ2n) is 4.14. The van der Waals surface area contributed by atoms with Gasteiger partial charge in [0.15, 0.2) is 5.88 Å². The minimum Gasteiger partial charge on any atom is -0.477 e. The standard InChI is InChI=1S/C13H17NO/c1-10(2)12-5-4-6-13(9-12)14-7-8-15-11(14)3/h4-6,9-10H,3,7-8H2,1-2H3. The first-order valence-corrected chi connectivity index (χ1v) is 5.37. The van der Waals surface area contributed by atoms with Crippen LogP contribution in [0.4, 0.5) is 5.69 Å². The Morgan fingerprint density at radius 1 is 1.40 bits per heavy atom. The van der Waals surface area contributed by atoms with Crippen molar-refractivity contribution < 1.29 is 4.74 Å². The molecule has 0 N–H and O–H groups in total. The fourth-order valence-corrected chi connectivity index (χ4v) is 1.78. The van der Waals surface area contributed by atoms with Gasteiger partial charge in [-0.05, 0) is 30.2 Å². The maximum absolute atomic E-state index is 5.35. The molecule has 0 saturated carbocycles. The van der Waals surface area contributed by atoms with Crippen molar-refractivity contribution in [2.45, 2.75) is 19.8 Å². The molecule has 1 aliphatic rings. The summed E-state index contributed by atoms with van der Waals surface area (Å²) in [4.78, 5) is 2.12. The Kier molecular flexibility index (Phi) is 2.67. The Morgan fingerprint density at radius 3 is 2.80 bits per heavy atom. The second kappa shape index (κ2) is 3.97. The summed E-state index contributed by atoms with van der Waals surface area (Å²) in [5.41, 5.74) is 2.54. The van der Waals surface area contributed by atoms with E-state index in [2.05, 4.69) is 49.6 Å². The highest BCUT2D eigenvalue weighted by Gasteiger charge is 2.18. The summed E-state index contributed by atoms with van der Waals surface area (Å²) in [5, 5.41) is 0. The maximum atomic E-state index is 5.35. The van der Waals surface area contributed by atoms with Crippen LogP contribution in [-0.4, -0.2) is 13.2 Å². The first-order chi connectivity index (χ1) is 7.18. The normalized spacial score (nSPS) is 15.9. The van der Waals surface area contributed by atoms with Crippen molar-refractivity contribution in [1.29, 1.82) is 0 Å². The zero-order chi connectivity index (χ0) is 10.8. The van der Waals surface area contributed by atoms with E-state index in [1.807, 2.05) is 0 Å². The minimum atomic E-state index is 0.557. The zero-order valence-corrected chi connectivity index (χ0v) is 9.36. The molecule has 1 aliphatic heterocycles. The molecule has 0 aliphatic carbocycles. The smallest absolute Gasteiger partial charge is 0.186 e. The Morgan fingerprint density at radius 2 is 2.20 bits per heavy atom. The molecule has 0 atom stereocenters. The van der Waals surface area contributed by atoms with Gasteiger partial charge >= 0.3 is 0 Å². The van der Waals surface area contributed by atoms with E-state index in [0.717, 1.165) is 19.0 Å². The van der Waals surface area contributed by atoms with Gasteiger partial charge in [-0.2, -0.15) is 0 Å². The summed E-state index contributed by atoms with van der Waals surface area (Å²) in [5.74, 6) is 1.32. The molecule has 2 nitrogen and oxygen atoms in total. The predicted octanol–water partition coefficient (Wildman–Crippen LogP) is 3.12. The van der Waals surface area contributed by atoms with E-state index in [9.17, 15) is 0 Å². The third-order valence-corrected chi connectivity index (χ3v) is 2.73. The number of rotatable bonds is 2. The molecular formula is C13H17NO. The Hall–Kier alpha value is -1.44. The van der Waals surface area contributed by atoms with E-state index in [1.165, 1.54) is 11.3 Å². The minimum absolute atomic E-state index is 0.557. The van der Waals surface area contributed by atoms with E-state index in [4.69, 9.17) is 4.74 Å². The Balaban J connectivity index is 2.28. The van der Waals surface area contributed by atoms with E-state index in [1.54, 1.807) is 0 Å². The molecule has 2 heteroatoms. The van der Waals surface area contributed by atoms with Crippen LogP contribution in [0.2, 0.25) is 0 Å². The van der Waals surface area contributed by atoms with Gasteiger partial charge in [-0.1, -0.05) is 26.0 Å². The van der Waals surface area contributed by atoms with Crippen LogP contribution in [-0.2, 0) is 4.74 Å². The SMILES string of the molecule is C=C1OCCN1c1cccc(C(C)C)c1. The lowest BCUT2D eigenvalue weighted by Gasteiger charge is -2.18. The van der Waals surface area contributed by atoms with Crippen LogP contribution in [0.1, 0.15) is 25.3 Å². The summed E-state index contributed by atoms with van der Waals surface area (Å²) in [6.07, 6.45) is 0. The molecule has 0 aromatic heterocycles. The van der Waals surface area contributed by atoms with Gasteiger partial charge in [0.1, 0.15) is 6.61 Å². The van der Waals surface area contributed by atoms with Crippen molar-refractivity contribution in [2.75, 3.05) is 18.1 Å². The number of hydrogen-bond donors (Lipinski definition) is 0. The average Bonchev–Trinajstić information content (AvgIpc) is 2.64. The molecule has 1 aromatic carbocycles. The Labute approximate surface area is 91.2 Å². The van der Waals surface area contributed by atoms with E-state index >= 15 is 0 Å². The molecule has 0 radical (unpaired) electrons. The lowest BCUT2D eigenvalue weighted by Crippen LogP contribution is -2.16. The van der Waals surface area contributed by atoms with E-state index < -0.39 is 0 Å². The van der Waals surface area contributed by atoms with Crippen molar-refractivity contribution in [3.8, 4) is 0 Å². The molecule has 1 fully saturated rings. The summed E-state index contributed by atoms with van der Waals surface area (Å²) >= 11 is 0.